The van der Waals surface area contributed by atoms with Crippen LogP contribution in [0.4, 0.5) is 0 Å². The largest absolute Gasteiger partial charge is 0.692 e. The molecule has 0 amide bonds. The van der Waals surface area contributed by atoms with Crippen LogP contribution in [-0.4, -0.2) is 32.3 Å². The predicted molar refractivity (Wildman–Crippen MR) is 52.4 cm³/mol. The Balaban J connectivity index is 0. The third-order valence-corrected chi connectivity index (χ3v) is 1.56. The van der Waals surface area contributed by atoms with Gasteiger partial charge in [0.1, 0.15) is 0 Å². The molecule has 7 heteroatoms. The number of rotatable bonds is 5. The van der Waals surface area contributed by atoms with E-state index in [2.05, 4.69) is 0 Å². The van der Waals surface area contributed by atoms with Crippen molar-refractivity contribution in [3.8, 4) is 0 Å². The van der Waals surface area contributed by atoms with Crippen LogP contribution in [0.25, 0.3) is 0 Å². The number of aliphatic hydroxyl groups excluding tert-OH is 1. The van der Waals surface area contributed by atoms with E-state index >= 15 is 0 Å². The molecule has 0 aromatic heterocycles. The summed E-state index contributed by atoms with van der Waals surface area (Å²) < 4.78 is 8.70. The van der Waals surface area contributed by atoms with Gasteiger partial charge in [0.2, 0.25) is 0 Å². The highest BCUT2D eigenvalue weighted by Gasteiger charge is 2.00. The molecule has 0 aromatic rings. The second kappa shape index (κ2) is 11.0. The second-order valence-electron chi connectivity index (χ2n) is 2.83. The van der Waals surface area contributed by atoms with Crippen LogP contribution in [0.15, 0.2) is 0 Å². The van der Waals surface area contributed by atoms with Crippen LogP contribution in [0.3, 0.4) is 0 Å². The maximum Gasteiger partial charge on any atom is 0.692 e. The summed E-state index contributed by atoms with van der Waals surface area (Å²) >= 11 is 0. The fourth-order valence-electron chi connectivity index (χ4n) is 0.767. The monoisotopic (exact) mass is 228 g/mol. The normalized spacial score (nSPS) is 11.9. The van der Waals surface area contributed by atoms with Crippen LogP contribution in [-0.2, 0) is 4.57 Å². The van der Waals surface area contributed by atoms with E-state index in [0.29, 0.717) is 6.42 Å². The first kappa shape index (κ1) is 16.3. The molecule has 0 radical (unpaired) electrons. The van der Waals surface area contributed by atoms with E-state index in [-0.39, 0.29) is 6.04 Å². The summed E-state index contributed by atoms with van der Waals surface area (Å²) in [4.78, 5) is 14.2. The van der Waals surface area contributed by atoms with Crippen LogP contribution in [0, 0.1) is 0 Å². The minimum atomic E-state index is -2.87. The van der Waals surface area contributed by atoms with E-state index in [1.165, 1.54) is 0 Å². The van der Waals surface area contributed by atoms with Crippen molar-refractivity contribution in [2.24, 2.45) is 5.73 Å². The first-order chi connectivity index (χ1) is 6.40. The highest BCUT2D eigenvalue weighted by molar-refractivity contribution is 7.30. The molecule has 0 saturated heterocycles. The Morgan fingerprint density at radius 1 is 1.29 bits per heavy atom. The van der Waals surface area contributed by atoms with Gasteiger partial charge in [-0.2, -0.15) is 0 Å². The first-order valence-electron chi connectivity index (χ1n) is 4.36. The molecule has 0 saturated carbocycles. The molecular weight excluding hydrogens is 209 g/mol. The second-order valence-corrected chi connectivity index (χ2v) is 3.34. The Morgan fingerprint density at radius 3 is 2.00 bits per heavy atom. The van der Waals surface area contributed by atoms with Crippen molar-refractivity contribution in [2.75, 3.05) is 0 Å². The molecule has 6 nitrogen and oxygen atoms in total. The molecule has 0 aromatic carbocycles. The lowest BCUT2D eigenvalue weighted by Crippen LogP contribution is -2.18. The SMILES string of the molecule is CCC(N)CCCC(O)O.O=[P+](O)O. The van der Waals surface area contributed by atoms with Gasteiger partial charge in [-0.3, -0.25) is 0 Å². The van der Waals surface area contributed by atoms with Gasteiger partial charge in [-0.25, -0.2) is 0 Å². The molecule has 0 aliphatic carbocycles. The van der Waals surface area contributed by atoms with Crippen molar-refractivity contribution < 1.29 is 24.6 Å². The molecule has 1 atom stereocenters. The average Bonchev–Trinajstić information content (AvgIpc) is 2.02. The molecule has 0 fully saturated rings. The molecule has 1 unspecified atom stereocenters. The topological polar surface area (TPSA) is 124 Å². The molecule has 0 bridgehead atoms. The Kier molecular flexibility index (Phi) is 12.8. The Labute approximate surface area is 84.3 Å². The fourth-order valence-corrected chi connectivity index (χ4v) is 0.767. The minimum Gasteiger partial charge on any atom is -0.368 e. The van der Waals surface area contributed by atoms with Gasteiger partial charge in [0.25, 0.3) is 0 Å². The average molecular weight is 228 g/mol. The third kappa shape index (κ3) is 22.7. The lowest BCUT2D eigenvalue weighted by molar-refractivity contribution is -0.0467. The standard InChI is InChI=1S/C7H17NO2.HO3P/c1-2-6(8)4-3-5-7(9)10;1-4(2)3/h6-7,9-10H,2-5,8H2,1H3;(H-,1,2,3)/p+1. The quantitative estimate of drug-likeness (QED) is 0.329. The zero-order valence-corrected chi connectivity index (χ0v) is 9.10. The zero-order chi connectivity index (χ0) is 11.6. The summed E-state index contributed by atoms with van der Waals surface area (Å²) in [5.74, 6) is 0. The molecule has 0 heterocycles. The Hall–Kier alpha value is -0.100. The van der Waals surface area contributed by atoms with Gasteiger partial charge in [0.05, 0.1) is 0 Å². The van der Waals surface area contributed by atoms with Crippen molar-refractivity contribution in [2.45, 2.75) is 44.9 Å². The van der Waals surface area contributed by atoms with Crippen molar-refractivity contribution in [1.82, 2.24) is 0 Å². The van der Waals surface area contributed by atoms with E-state index in [1.54, 1.807) is 0 Å². The zero-order valence-electron chi connectivity index (χ0n) is 8.20. The maximum absolute atomic E-state index is 8.70. The smallest absolute Gasteiger partial charge is 0.368 e. The van der Waals surface area contributed by atoms with E-state index in [1.807, 2.05) is 6.92 Å². The predicted octanol–water partition coefficient (Wildman–Crippen LogP) is -0.167. The summed E-state index contributed by atoms with van der Waals surface area (Å²) in [6.45, 7) is 2.03. The van der Waals surface area contributed by atoms with E-state index in [4.69, 9.17) is 30.3 Å². The third-order valence-electron chi connectivity index (χ3n) is 1.56. The molecular formula is C7H19NO5P+. The van der Waals surface area contributed by atoms with Crippen molar-refractivity contribution in [3.05, 3.63) is 0 Å². The van der Waals surface area contributed by atoms with Gasteiger partial charge in [-0.05, 0) is 25.7 Å². The van der Waals surface area contributed by atoms with Gasteiger partial charge >= 0.3 is 8.25 Å². The number of aliphatic hydroxyl groups is 2. The summed E-state index contributed by atoms with van der Waals surface area (Å²) in [7, 11) is -2.87. The van der Waals surface area contributed by atoms with Gasteiger partial charge in [0.15, 0.2) is 6.29 Å². The van der Waals surface area contributed by atoms with Gasteiger partial charge < -0.3 is 15.9 Å². The van der Waals surface area contributed by atoms with Crippen LogP contribution >= 0.6 is 8.25 Å². The number of hydrogen-bond donors (Lipinski definition) is 5. The first-order valence-corrected chi connectivity index (χ1v) is 5.53. The lowest BCUT2D eigenvalue weighted by atomic mass is 10.1. The molecule has 0 rings (SSSR count). The van der Waals surface area contributed by atoms with Crippen LogP contribution < -0.4 is 5.73 Å². The maximum atomic E-state index is 8.70. The molecule has 0 spiro atoms. The fraction of sp³-hybridized carbons (Fsp3) is 1.00. The van der Waals surface area contributed by atoms with E-state index in [0.717, 1.165) is 19.3 Å². The summed E-state index contributed by atoms with van der Waals surface area (Å²) in [6, 6.07) is 0.221. The van der Waals surface area contributed by atoms with Crippen LogP contribution in [0.1, 0.15) is 32.6 Å². The van der Waals surface area contributed by atoms with Crippen LogP contribution in [0.5, 0.6) is 0 Å². The van der Waals surface area contributed by atoms with Crippen molar-refractivity contribution in [3.63, 3.8) is 0 Å². The molecule has 0 aliphatic heterocycles. The molecule has 14 heavy (non-hydrogen) atoms. The number of hydrogen-bond acceptors (Lipinski definition) is 4. The minimum absolute atomic E-state index is 0.221. The van der Waals surface area contributed by atoms with Crippen molar-refractivity contribution >= 4 is 8.25 Å². The number of nitrogens with two attached hydrogens (primary N) is 1. The van der Waals surface area contributed by atoms with Crippen LogP contribution in [0.2, 0.25) is 0 Å². The summed E-state index contributed by atoms with van der Waals surface area (Å²) in [6.07, 6.45) is 1.92. The molecule has 86 valence electrons. The van der Waals surface area contributed by atoms with Crippen molar-refractivity contribution in [1.29, 1.82) is 0 Å². The highest BCUT2D eigenvalue weighted by Crippen LogP contribution is 2.02. The highest BCUT2D eigenvalue weighted by atomic mass is 31.1. The van der Waals surface area contributed by atoms with Gasteiger partial charge in [-0.1, -0.05) is 6.92 Å². The Bertz CT molecular complexity index is 140. The van der Waals surface area contributed by atoms with Gasteiger partial charge in [0, 0.05) is 10.6 Å². The van der Waals surface area contributed by atoms with E-state index < -0.39 is 14.5 Å². The molecule has 0 aliphatic rings. The lowest BCUT2D eigenvalue weighted by Gasteiger charge is -2.08. The molecule has 6 N–H and O–H groups in total. The van der Waals surface area contributed by atoms with Gasteiger partial charge in [-0.15, -0.1) is 9.79 Å². The Morgan fingerprint density at radius 2 is 1.71 bits per heavy atom. The summed E-state index contributed by atoms with van der Waals surface area (Å²) in [5.41, 5.74) is 5.60. The van der Waals surface area contributed by atoms with E-state index in [9.17, 15) is 0 Å². The summed E-state index contributed by atoms with van der Waals surface area (Å²) in [5, 5.41) is 16.9.